The molecule has 2 aromatic carbocycles. The number of aromatic amines is 2. The van der Waals surface area contributed by atoms with Gasteiger partial charge >= 0.3 is 0 Å². The average molecular weight is 521 g/mol. The van der Waals surface area contributed by atoms with Crippen LogP contribution in [0.4, 0.5) is 10.1 Å². The number of aromatic nitrogens is 2. The Labute approximate surface area is 217 Å². The minimum absolute atomic E-state index is 0.0182. The van der Waals surface area contributed by atoms with E-state index in [2.05, 4.69) is 15.3 Å². The average Bonchev–Trinajstić information content (AvgIpc) is 3.18. The van der Waals surface area contributed by atoms with E-state index in [-0.39, 0.29) is 36.0 Å². The second kappa shape index (κ2) is 10.2. The third-order valence-electron chi connectivity index (χ3n) is 6.74. The number of nitrogens with one attached hydrogen (secondary N) is 3. The number of pyridine rings is 1. The summed E-state index contributed by atoms with van der Waals surface area (Å²) in [4.78, 5) is 46.5. The predicted molar refractivity (Wildman–Crippen MR) is 142 cm³/mol. The smallest absolute Gasteiger partial charge is 0.249 e. The summed E-state index contributed by atoms with van der Waals surface area (Å²) in [5, 5.41) is 3.41. The highest BCUT2D eigenvalue weighted by Gasteiger charge is 2.27. The third-order valence-corrected chi connectivity index (χ3v) is 6.99. The number of carbonyl (C=O) groups is 2. The van der Waals surface area contributed by atoms with Gasteiger partial charge in [0.25, 0.3) is 0 Å². The van der Waals surface area contributed by atoms with Crippen molar-refractivity contribution in [3.63, 3.8) is 0 Å². The summed E-state index contributed by atoms with van der Waals surface area (Å²) < 4.78 is 14.5. The molecule has 2 amide bonds. The number of benzene rings is 2. The molecular formula is C28H26ClFN4O3. The highest BCUT2D eigenvalue weighted by Crippen LogP contribution is 2.24. The second-order valence-electron chi connectivity index (χ2n) is 9.39. The molecule has 7 nitrogen and oxygen atoms in total. The van der Waals surface area contributed by atoms with Crippen LogP contribution in [0.3, 0.4) is 0 Å². The maximum atomic E-state index is 14.5. The van der Waals surface area contributed by atoms with E-state index in [1.165, 1.54) is 23.1 Å². The molecule has 0 radical (unpaired) electrons. The van der Waals surface area contributed by atoms with Crippen molar-refractivity contribution in [3.8, 4) is 0 Å². The quantitative estimate of drug-likeness (QED) is 0.371. The van der Waals surface area contributed by atoms with Crippen LogP contribution in [0.5, 0.6) is 0 Å². The normalized spacial score (nSPS) is 16.2. The molecule has 190 valence electrons. The predicted octanol–water partition coefficient (Wildman–Crippen LogP) is 4.07. The first-order chi connectivity index (χ1) is 17.8. The van der Waals surface area contributed by atoms with Crippen LogP contribution >= 0.6 is 11.6 Å². The molecular weight excluding hydrogens is 495 g/mol. The fourth-order valence-corrected chi connectivity index (χ4v) is 5.06. The number of hydrogen-bond acceptors (Lipinski definition) is 3. The molecule has 37 heavy (non-hydrogen) atoms. The van der Waals surface area contributed by atoms with Crippen LogP contribution in [-0.2, 0) is 35.3 Å². The molecule has 3 heterocycles. The number of halogens is 2. The summed E-state index contributed by atoms with van der Waals surface area (Å²) in [6.45, 7) is 0. The molecule has 3 N–H and O–H groups in total. The Hall–Kier alpha value is -3.91. The Balaban J connectivity index is 1.53. The van der Waals surface area contributed by atoms with Gasteiger partial charge in [-0.1, -0.05) is 17.7 Å². The van der Waals surface area contributed by atoms with Gasteiger partial charge in [0.2, 0.25) is 17.4 Å². The molecule has 0 saturated heterocycles. The van der Waals surface area contributed by atoms with Crippen molar-refractivity contribution in [1.82, 2.24) is 15.3 Å². The van der Waals surface area contributed by atoms with E-state index in [4.69, 9.17) is 11.6 Å². The SMILES string of the molecule is CN(C(=O)[C@@H]1Cc2cc(F)cc(c2)CCCc2[nH]c3ccc(=O)[nH]c3c2CC(=O)N1)c1ccc(Cl)cc1. The van der Waals surface area contributed by atoms with E-state index >= 15 is 0 Å². The number of fused-ring (bicyclic) bond motifs is 5. The van der Waals surface area contributed by atoms with Crippen LogP contribution < -0.4 is 15.8 Å². The lowest BCUT2D eigenvalue weighted by Crippen LogP contribution is -2.49. The standard InChI is InChI=1S/C28H26ClFN4O3/c1-34(20-7-5-18(29)6-8-20)28(37)24-14-17-11-16(12-19(30)13-17)3-2-4-22-21(15-26(36)32-24)27-23(31-22)9-10-25(35)33-27/h5-13,24,31H,2-4,14-15H2,1H3,(H,32,36)(H,33,35)/t24-/m0/s1. The Bertz CT molecular complexity index is 1540. The third kappa shape index (κ3) is 5.44. The second-order valence-corrected chi connectivity index (χ2v) is 9.83. The highest BCUT2D eigenvalue weighted by molar-refractivity contribution is 6.30. The van der Waals surface area contributed by atoms with Gasteiger partial charge in [0, 0.05) is 41.5 Å². The van der Waals surface area contributed by atoms with Crippen molar-refractivity contribution in [1.29, 1.82) is 0 Å². The number of rotatable bonds is 2. The van der Waals surface area contributed by atoms with Crippen molar-refractivity contribution < 1.29 is 14.0 Å². The summed E-state index contributed by atoms with van der Waals surface area (Å²) in [5.74, 6) is -1.09. The van der Waals surface area contributed by atoms with E-state index in [1.807, 2.05) is 6.07 Å². The topological polar surface area (TPSA) is 98.1 Å². The van der Waals surface area contributed by atoms with Crippen molar-refractivity contribution >= 4 is 40.1 Å². The van der Waals surface area contributed by atoms with Crippen molar-refractivity contribution in [3.05, 3.63) is 98.2 Å². The molecule has 0 saturated carbocycles. The maximum Gasteiger partial charge on any atom is 0.249 e. The number of nitrogens with zero attached hydrogens (tertiary/aromatic N) is 1. The van der Waals surface area contributed by atoms with E-state index in [9.17, 15) is 18.8 Å². The van der Waals surface area contributed by atoms with Crippen LogP contribution in [0.2, 0.25) is 5.02 Å². The number of likely N-dealkylation sites (N-methyl/N-ethyl adjacent to an activating group) is 1. The number of hydrogen-bond donors (Lipinski definition) is 3. The van der Waals surface area contributed by atoms with Crippen LogP contribution in [0.15, 0.2) is 59.4 Å². The summed E-state index contributed by atoms with van der Waals surface area (Å²) in [5.41, 5.74) is 4.65. The first-order valence-corrected chi connectivity index (χ1v) is 12.5. The van der Waals surface area contributed by atoms with Gasteiger partial charge in [-0.25, -0.2) is 4.39 Å². The highest BCUT2D eigenvalue weighted by atomic mass is 35.5. The van der Waals surface area contributed by atoms with Crippen molar-refractivity contribution in [2.24, 2.45) is 0 Å². The zero-order valence-electron chi connectivity index (χ0n) is 20.2. The van der Waals surface area contributed by atoms with E-state index < -0.39 is 6.04 Å². The Morgan fingerprint density at radius 3 is 2.54 bits per heavy atom. The van der Waals surface area contributed by atoms with Crippen molar-refractivity contribution in [2.45, 2.75) is 38.1 Å². The summed E-state index contributed by atoms with van der Waals surface area (Å²) in [7, 11) is 1.62. The van der Waals surface area contributed by atoms with Gasteiger partial charge in [0.05, 0.1) is 17.5 Å². The minimum Gasteiger partial charge on any atom is -0.357 e. The molecule has 9 heteroatoms. The van der Waals surface area contributed by atoms with Crippen molar-refractivity contribution in [2.75, 3.05) is 11.9 Å². The Morgan fingerprint density at radius 2 is 1.76 bits per heavy atom. The number of H-pyrrole nitrogens is 2. The summed E-state index contributed by atoms with van der Waals surface area (Å²) >= 11 is 5.99. The molecule has 0 fully saturated rings. The zero-order valence-corrected chi connectivity index (χ0v) is 21.0. The van der Waals surface area contributed by atoms with Gasteiger partial charge in [-0.05, 0) is 72.9 Å². The van der Waals surface area contributed by atoms with E-state index in [0.29, 0.717) is 40.2 Å². The van der Waals surface area contributed by atoms with Gasteiger partial charge in [-0.15, -0.1) is 0 Å². The van der Waals surface area contributed by atoms with Crippen LogP contribution in [0.25, 0.3) is 11.0 Å². The molecule has 0 spiro atoms. The number of carbonyl (C=O) groups excluding carboxylic acids is 2. The van der Waals surface area contributed by atoms with Crippen LogP contribution in [0.1, 0.15) is 28.8 Å². The lowest BCUT2D eigenvalue weighted by Gasteiger charge is -2.25. The molecule has 2 bridgehead atoms. The van der Waals surface area contributed by atoms with Gasteiger partial charge < -0.3 is 20.2 Å². The number of aryl methyl sites for hydroxylation is 2. The largest absolute Gasteiger partial charge is 0.357 e. The molecule has 0 aliphatic carbocycles. The molecule has 2 aromatic heterocycles. The minimum atomic E-state index is -0.934. The first kappa shape index (κ1) is 24.8. The Morgan fingerprint density at radius 1 is 1.00 bits per heavy atom. The summed E-state index contributed by atoms with van der Waals surface area (Å²) in [6, 6.07) is 13.8. The zero-order chi connectivity index (χ0) is 26.1. The molecule has 0 unspecified atom stereocenters. The lowest BCUT2D eigenvalue weighted by atomic mass is 9.99. The van der Waals surface area contributed by atoms with Gasteiger partial charge in [-0.3, -0.25) is 14.4 Å². The molecule has 4 aromatic rings. The molecule has 5 rings (SSSR count). The Kier molecular flexibility index (Phi) is 6.84. The summed E-state index contributed by atoms with van der Waals surface area (Å²) in [6.07, 6.45) is 2.07. The van der Waals surface area contributed by atoms with Gasteiger partial charge in [-0.2, -0.15) is 0 Å². The lowest BCUT2D eigenvalue weighted by molar-refractivity contribution is -0.127. The van der Waals surface area contributed by atoms with Crippen LogP contribution in [0, 0.1) is 5.82 Å². The fourth-order valence-electron chi connectivity index (χ4n) is 4.93. The monoisotopic (exact) mass is 520 g/mol. The molecule has 1 aliphatic heterocycles. The van der Waals surface area contributed by atoms with Gasteiger partial charge in [0.1, 0.15) is 11.9 Å². The van der Waals surface area contributed by atoms with Gasteiger partial charge in [0.15, 0.2) is 0 Å². The number of anilines is 1. The number of amides is 2. The molecule has 1 atom stereocenters. The van der Waals surface area contributed by atoms with E-state index in [1.54, 1.807) is 37.4 Å². The van der Waals surface area contributed by atoms with Crippen LogP contribution in [-0.4, -0.2) is 34.9 Å². The molecule has 1 aliphatic rings. The first-order valence-electron chi connectivity index (χ1n) is 12.1. The fraction of sp³-hybridized carbons (Fsp3) is 0.250. The van der Waals surface area contributed by atoms with E-state index in [0.717, 1.165) is 23.2 Å². The maximum absolute atomic E-state index is 14.5.